The van der Waals surface area contributed by atoms with Crippen LogP contribution in [-0.4, -0.2) is 22.9 Å². The lowest BCUT2D eigenvalue weighted by molar-refractivity contribution is -0.117. The number of para-hydroxylation sites is 2. The zero-order valence-corrected chi connectivity index (χ0v) is 13.9. The number of aromatic nitrogens is 1. The Morgan fingerprint density at radius 3 is 2.58 bits per heavy atom. The van der Waals surface area contributed by atoms with Gasteiger partial charge < -0.3 is 14.6 Å². The number of amides is 1. The highest BCUT2D eigenvalue weighted by molar-refractivity contribution is 6.15. The quantitative estimate of drug-likeness (QED) is 0.654. The third kappa shape index (κ3) is 3.46. The molecular weight excluding hydrogens is 306 g/mol. The smallest absolute Gasteiger partial charge is 0.249 e. The largest absolute Gasteiger partial charge is 0.492 e. The zero-order valence-electron chi connectivity index (χ0n) is 13.9. The van der Waals surface area contributed by atoms with Crippen LogP contribution in [0.2, 0.25) is 0 Å². The number of hydrogen-bond acceptors (Lipinski definition) is 4. The van der Waals surface area contributed by atoms with E-state index >= 15 is 0 Å². The molecule has 1 amide bonds. The molecule has 2 rings (SSSR count). The van der Waals surface area contributed by atoms with Crippen molar-refractivity contribution in [2.45, 2.75) is 13.8 Å². The molecular formula is C18H19N3O3. The van der Waals surface area contributed by atoms with Crippen LogP contribution in [0.15, 0.2) is 36.4 Å². The van der Waals surface area contributed by atoms with Crippen LogP contribution in [0.25, 0.3) is 0 Å². The van der Waals surface area contributed by atoms with Crippen LogP contribution in [0.3, 0.4) is 0 Å². The molecule has 1 unspecified atom stereocenters. The summed E-state index contributed by atoms with van der Waals surface area (Å²) in [5.74, 6) is -2.13. The summed E-state index contributed by atoms with van der Waals surface area (Å²) in [4.78, 5) is 24.9. The predicted molar refractivity (Wildman–Crippen MR) is 89.8 cm³/mol. The molecule has 0 saturated carbocycles. The standard InChI is InChI=1S/C18H19N3O3/c1-4-24-16-8-6-5-7-14(16)20-18(23)13(11-19)17(22)15-10-9-12(2)21(15)3/h5-10,13H,4H2,1-3H3,(H,20,23). The van der Waals surface area contributed by atoms with E-state index in [1.807, 2.05) is 13.8 Å². The Morgan fingerprint density at radius 2 is 2.00 bits per heavy atom. The van der Waals surface area contributed by atoms with E-state index in [1.165, 1.54) is 0 Å². The number of nitrogens with zero attached hydrogens (tertiary/aromatic N) is 2. The molecule has 24 heavy (non-hydrogen) atoms. The van der Waals surface area contributed by atoms with E-state index in [0.29, 0.717) is 23.7 Å². The lowest BCUT2D eigenvalue weighted by Crippen LogP contribution is -2.30. The van der Waals surface area contributed by atoms with Gasteiger partial charge in [-0.1, -0.05) is 12.1 Å². The summed E-state index contributed by atoms with van der Waals surface area (Å²) in [6, 6.07) is 12.1. The van der Waals surface area contributed by atoms with Gasteiger partial charge in [0.25, 0.3) is 0 Å². The van der Waals surface area contributed by atoms with Crippen molar-refractivity contribution in [2.24, 2.45) is 13.0 Å². The number of hydrogen-bond donors (Lipinski definition) is 1. The number of nitrogens with one attached hydrogen (secondary N) is 1. The lowest BCUT2D eigenvalue weighted by Gasteiger charge is -2.13. The van der Waals surface area contributed by atoms with Gasteiger partial charge in [0.2, 0.25) is 11.7 Å². The van der Waals surface area contributed by atoms with Crippen LogP contribution in [0, 0.1) is 24.2 Å². The summed E-state index contributed by atoms with van der Waals surface area (Å²) in [6.07, 6.45) is 0. The van der Waals surface area contributed by atoms with Crippen molar-refractivity contribution in [3.05, 3.63) is 47.8 Å². The predicted octanol–water partition coefficient (Wildman–Crippen LogP) is 2.69. The van der Waals surface area contributed by atoms with Gasteiger partial charge in [-0.3, -0.25) is 9.59 Å². The molecule has 0 aliphatic heterocycles. The second-order valence-corrected chi connectivity index (χ2v) is 5.26. The summed E-state index contributed by atoms with van der Waals surface area (Å²) in [7, 11) is 1.72. The molecule has 1 aromatic heterocycles. The third-order valence-corrected chi connectivity index (χ3v) is 3.72. The first-order valence-corrected chi connectivity index (χ1v) is 7.58. The minimum atomic E-state index is -1.42. The molecule has 0 aliphatic rings. The molecule has 6 nitrogen and oxygen atoms in total. The van der Waals surface area contributed by atoms with E-state index in [-0.39, 0.29) is 0 Å². The fourth-order valence-electron chi connectivity index (χ4n) is 2.30. The number of benzene rings is 1. The van der Waals surface area contributed by atoms with Crippen molar-refractivity contribution in [1.29, 1.82) is 5.26 Å². The van der Waals surface area contributed by atoms with Gasteiger partial charge in [0.15, 0.2) is 5.92 Å². The average molecular weight is 325 g/mol. The first kappa shape index (κ1) is 17.3. The van der Waals surface area contributed by atoms with Crippen LogP contribution < -0.4 is 10.1 Å². The Morgan fingerprint density at radius 1 is 1.29 bits per heavy atom. The number of carbonyl (C=O) groups excluding carboxylic acids is 2. The van der Waals surface area contributed by atoms with E-state index < -0.39 is 17.6 Å². The second kappa shape index (κ2) is 7.47. The minimum Gasteiger partial charge on any atom is -0.492 e. The summed E-state index contributed by atoms with van der Waals surface area (Å²) in [5, 5.41) is 11.9. The third-order valence-electron chi connectivity index (χ3n) is 3.72. The van der Waals surface area contributed by atoms with Gasteiger partial charge >= 0.3 is 0 Å². The van der Waals surface area contributed by atoms with Crippen molar-refractivity contribution >= 4 is 17.4 Å². The molecule has 1 heterocycles. The van der Waals surface area contributed by atoms with Crippen LogP contribution in [0.4, 0.5) is 5.69 Å². The Bertz CT molecular complexity index is 802. The number of rotatable bonds is 6. The number of anilines is 1. The summed E-state index contributed by atoms with van der Waals surface area (Å²) < 4.78 is 7.09. The SMILES string of the molecule is CCOc1ccccc1NC(=O)C(C#N)C(=O)c1ccc(C)n1C. The van der Waals surface area contributed by atoms with Crippen molar-refractivity contribution < 1.29 is 14.3 Å². The van der Waals surface area contributed by atoms with Crippen molar-refractivity contribution in [2.75, 3.05) is 11.9 Å². The van der Waals surface area contributed by atoms with Gasteiger partial charge in [0, 0.05) is 12.7 Å². The fraction of sp³-hybridized carbons (Fsp3) is 0.278. The number of aryl methyl sites for hydroxylation is 1. The fourth-order valence-corrected chi connectivity index (χ4v) is 2.30. The topological polar surface area (TPSA) is 84.1 Å². The summed E-state index contributed by atoms with van der Waals surface area (Å²) >= 11 is 0. The summed E-state index contributed by atoms with van der Waals surface area (Å²) in [5.41, 5.74) is 1.63. The monoisotopic (exact) mass is 325 g/mol. The Balaban J connectivity index is 2.23. The van der Waals surface area contributed by atoms with Gasteiger partial charge in [0.05, 0.1) is 24.1 Å². The lowest BCUT2D eigenvalue weighted by atomic mass is 10.0. The van der Waals surface area contributed by atoms with Crippen LogP contribution >= 0.6 is 0 Å². The molecule has 124 valence electrons. The second-order valence-electron chi connectivity index (χ2n) is 5.26. The van der Waals surface area contributed by atoms with Crippen LogP contribution in [0.1, 0.15) is 23.1 Å². The number of ether oxygens (including phenoxy) is 1. The van der Waals surface area contributed by atoms with Crippen molar-refractivity contribution in [1.82, 2.24) is 4.57 Å². The summed E-state index contributed by atoms with van der Waals surface area (Å²) in [6.45, 7) is 4.12. The molecule has 0 bridgehead atoms. The van der Waals surface area contributed by atoms with Crippen molar-refractivity contribution in [3.63, 3.8) is 0 Å². The molecule has 6 heteroatoms. The number of carbonyl (C=O) groups is 2. The van der Waals surface area contributed by atoms with Gasteiger partial charge in [-0.25, -0.2) is 0 Å². The molecule has 0 aliphatic carbocycles. The van der Waals surface area contributed by atoms with E-state index in [2.05, 4.69) is 5.32 Å². The van der Waals surface area contributed by atoms with E-state index in [9.17, 15) is 14.9 Å². The van der Waals surface area contributed by atoms with Gasteiger partial charge in [-0.15, -0.1) is 0 Å². The van der Waals surface area contributed by atoms with E-state index in [0.717, 1.165) is 5.69 Å². The minimum absolute atomic E-state index is 0.326. The number of nitriles is 1. The van der Waals surface area contributed by atoms with Crippen LogP contribution in [-0.2, 0) is 11.8 Å². The van der Waals surface area contributed by atoms with Gasteiger partial charge in [-0.05, 0) is 38.1 Å². The average Bonchev–Trinajstić information content (AvgIpc) is 2.89. The molecule has 0 radical (unpaired) electrons. The maximum atomic E-state index is 12.5. The Labute approximate surface area is 140 Å². The molecule has 2 aromatic rings. The first-order chi connectivity index (χ1) is 11.5. The molecule has 0 fully saturated rings. The van der Waals surface area contributed by atoms with Gasteiger partial charge in [-0.2, -0.15) is 5.26 Å². The molecule has 1 atom stereocenters. The number of Topliss-reactive ketones (excluding diaryl/α,β-unsaturated/α-hetero) is 1. The van der Waals surface area contributed by atoms with Gasteiger partial charge in [0.1, 0.15) is 5.75 Å². The zero-order chi connectivity index (χ0) is 17.7. The maximum Gasteiger partial charge on any atom is 0.249 e. The molecule has 1 N–H and O–H groups in total. The molecule has 0 saturated heterocycles. The maximum absolute atomic E-state index is 12.5. The molecule has 1 aromatic carbocycles. The van der Waals surface area contributed by atoms with Crippen LogP contribution in [0.5, 0.6) is 5.75 Å². The normalized spacial score (nSPS) is 11.4. The first-order valence-electron chi connectivity index (χ1n) is 7.58. The highest BCUT2D eigenvalue weighted by atomic mass is 16.5. The van der Waals surface area contributed by atoms with E-state index in [1.54, 1.807) is 54.1 Å². The Kier molecular flexibility index (Phi) is 5.38. The molecule has 0 spiro atoms. The highest BCUT2D eigenvalue weighted by Crippen LogP contribution is 2.24. The van der Waals surface area contributed by atoms with Crippen molar-refractivity contribution in [3.8, 4) is 11.8 Å². The highest BCUT2D eigenvalue weighted by Gasteiger charge is 2.30. The van der Waals surface area contributed by atoms with E-state index in [4.69, 9.17) is 4.74 Å². The number of ketones is 1. The Hall–Kier alpha value is -3.07.